The van der Waals surface area contributed by atoms with Crippen molar-refractivity contribution in [2.24, 2.45) is 0 Å². The Hall–Kier alpha value is -1.45. The zero-order valence-electron chi connectivity index (χ0n) is 12.6. The van der Waals surface area contributed by atoms with Gasteiger partial charge in [0.05, 0.1) is 12.1 Å². The first-order valence-electron chi connectivity index (χ1n) is 6.85. The van der Waals surface area contributed by atoms with Gasteiger partial charge in [0.1, 0.15) is 17.0 Å². The second-order valence-corrected chi connectivity index (χ2v) is 6.42. The summed E-state index contributed by atoms with van der Waals surface area (Å²) in [5.41, 5.74) is 0.911. The summed E-state index contributed by atoms with van der Waals surface area (Å²) in [4.78, 5) is 21.4. The Balaban J connectivity index is 2.64. The molecule has 0 unspecified atom stereocenters. The third-order valence-corrected chi connectivity index (χ3v) is 3.22. The van der Waals surface area contributed by atoms with Gasteiger partial charge in [-0.2, -0.15) is 4.98 Å². The number of carbonyl (C=O) groups excluding carboxylic acids is 1. The normalized spacial score (nSPS) is 17.6. The Kier molecular flexibility index (Phi) is 3.37. The number of fused-ring (bicyclic) bond motifs is 1. The highest BCUT2D eigenvalue weighted by atomic mass is 16.5. The van der Waals surface area contributed by atoms with Crippen molar-refractivity contribution >= 4 is 5.78 Å². The van der Waals surface area contributed by atoms with Crippen LogP contribution in [0.1, 0.15) is 81.7 Å². The van der Waals surface area contributed by atoms with Crippen LogP contribution in [-0.4, -0.2) is 21.4 Å². The van der Waals surface area contributed by atoms with Gasteiger partial charge in [0.15, 0.2) is 5.78 Å². The molecule has 0 saturated heterocycles. The molecule has 0 saturated carbocycles. The zero-order valence-corrected chi connectivity index (χ0v) is 12.6. The Morgan fingerprint density at radius 2 is 1.74 bits per heavy atom. The first kappa shape index (κ1) is 14.0. The zero-order chi connectivity index (χ0) is 14.4. The number of Topliss-reactive ketones (excluding diaryl/α,β-unsaturated/α-hetero) is 1. The molecule has 104 valence electrons. The molecule has 0 aliphatic carbocycles. The smallest absolute Gasteiger partial charge is 0.228 e. The van der Waals surface area contributed by atoms with Crippen LogP contribution in [0.25, 0.3) is 0 Å². The predicted octanol–water partition coefficient (Wildman–Crippen LogP) is 3.47. The highest BCUT2D eigenvalue weighted by Crippen LogP contribution is 2.36. The van der Waals surface area contributed by atoms with Gasteiger partial charge < -0.3 is 4.74 Å². The number of carbonyl (C=O) groups is 1. The Morgan fingerprint density at radius 1 is 1.11 bits per heavy atom. The molecule has 0 fully saturated rings. The van der Waals surface area contributed by atoms with Gasteiger partial charge in [-0.25, -0.2) is 4.98 Å². The van der Waals surface area contributed by atoms with Crippen LogP contribution in [0.5, 0.6) is 5.88 Å². The van der Waals surface area contributed by atoms with Crippen LogP contribution in [0.2, 0.25) is 0 Å². The van der Waals surface area contributed by atoms with Crippen molar-refractivity contribution in [1.29, 1.82) is 0 Å². The van der Waals surface area contributed by atoms with Crippen molar-refractivity contribution in [3.8, 4) is 5.88 Å². The van der Waals surface area contributed by atoms with E-state index in [9.17, 15) is 4.79 Å². The minimum absolute atomic E-state index is 0.0882. The standard InChI is InChI=1S/C15H22N2O2/c1-8(2)12-11-10(18)7-15(5,6)19-14(11)17-13(16-12)9(3)4/h8-9H,7H2,1-6H3. The number of nitrogens with zero attached hydrogens (tertiary/aromatic N) is 2. The van der Waals surface area contributed by atoms with E-state index in [1.807, 2.05) is 41.5 Å². The van der Waals surface area contributed by atoms with Crippen molar-refractivity contribution in [1.82, 2.24) is 9.97 Å². The fourth-order valence-corrected chi connectivity index (χ4v) is 2.26. The van der Waals surface area contributed by atoms with E-state index < -0.39 is 5.60 Å². The second kappa shape index (κ2) is 4.58. The lowest BCUT2D eigenvalue weighted by atomic mass is 9.91. The lowest BCUT2D eigenvalue weighted by molar-refractivity contribution is 0.0582. The molecule has 4 nitrogen and oxygen atoms in total. The van der Waals surface area contributed by atoms with Crippen molar-refractivity contribution < 1.29 is 9.53 Å². The fraction of sp³-hybridized carbons (Fsp3) is 0.667. The molecular weight excluding hydrogens is 240 g/mol. The van der Waals surface area contributed by atoms with E-state index in [2.05, 4.69) is 9.97 Å². The largest absolute Gasteiger partial charge is 0.471 e. The molecule has 1 aromatic heterocycles. The maximum Gasteiger partial charge on any atom is 0.228 e. The monoisotopic (exact) mass is 262 g/mol. The Labute approximate surface area is 114 Å². The van der Waals surface area contributed by atoms with Gasteiger partial charge in [-0.1, -0.05) is 27.7 Å². The second-order valence-electron chi connectivity index (χ2n) is 6.42. The molecule has 0 radical (unpaired) electrons. The summed E-state index contributed by atoms with van der Waals surface area (Å²) in [6.45, 7) is 12.0. The molecule has 0 atom stereocenters. The SMILES string of the molecule is CC(C)c1nc2c(c(C(C)C)n1)C(=O)CC(C)(C)O2. The molecule has 0 amide bonds. The summed E-state index contributed by atoms with van der Waals surface area (Å²) in [5.74, 6) is 1.69. The molecule has 1 aliphatic rings. The van der Waals surface area contributed by atoms with Gasteiger partial charge in [-0.05, 0) is 19.8 Å². The third kappa shape index (κ3) is 2.62. The van der Waals surface area contributed by atoms with Gasteiger partial charge in [-0.15, -0.1) is 0 Å². The summed E-state index contributed by atoms with van der Waals surface area (Å²) < 4.78 is 5.90. The van der Waals surface area contributed by atoms with E-state index in [0.29, 0.717) is 17.9 Å². The van der Waals surface area contributed by atoms with Gasteiger partial charge in [0.2, 0.25) is 5.88 Å². The topological polar surface area (TPSA) is 52.1 Å². The molecule has 0 aromatic carbocycles. The summed E-state index contributed by atoms with van der Waals surface area (Å²) in [5, 5.41) is 0. The Bertz CT molecular complexity index is 519. The van der Waals surface area contributed by atoms with Crippen LogP contribution < -0.4 is 4.74 Å². The molecule has 0 bridgehead atoms. The lowest BCUT2D eigenvalue weighted by Gasteiger charge is -2.32. The molecule has 4 heteroatoms. The van der Waals surface area contributed by atoms with E-state index in [1.165, 1.54) is 0 Å². The van der Waals surface area contributed by atoms with E-state index >= 15 is 0 Å². The first-order chi connectivity index (χ1) is 8.71. The maximum absolute atomic E-state index is 12.3. The number of hydrogen-bond acceptors (Lipinski definition) is 4. The summed E-state index contributed by atoms with van der Waals surface area (Å²) >= 11 is 0. The number of aromatic nitrogens is 2. The number of ether oxygens (including phenoxy) is 1. The van der Waals surface area contributed by atoms with E-state index in [-0.39, 0.29) is 17.6 Å². The summed E-state index contributed by atoms with van der Waals surface area (Å²) in [6.07, 6.45) is 0.379. The minimum Gasteiger partial charge on any atom is -0.471 e. The molecule has 1 aromatic rings. The molecule has 19 heavy (non-hydrogen) atoms. The predicted molar refractivity (Wildman–Crippen MR) is 73.9 cm³/mol. The van der Waals surface area contributed by atoms with Crippen LogP contribution in [0.15, 0.2) is 0 Å². The number of rotatable bonds is 2. The highest BCUT2D eigenvalue weighted by Gasteiger charge is 2.36. The lowest BCUT2D eigenvalue weighted by Crippen LogP contribution is -2.37. The molecular formula is C15H22N2O2. The van der Waals surface area contributed by atoms with Gasteiger partial charge in [-0.3, -0.25) is 4.79 Å². The molecule has 2 heterocycles. The van der Waals surface area contributed by atoms with Crippen LogP contribution in [0.3, 0.4) is 0 Å². The summed E-state index contributed by atoms with van der Waals surface area (Å²) in [6, 6.07) is 0. The van der Waals surface area contributed by atoms with Crippen molar-refractivity contribution in [3.63, 3.8) is 0 Å². The van der Waals surface area contributed by atoms with E-state index in [4.69, 9.17) is 4.74 Å². The average molecular weight is 262 g/mol. The number of ketones is 1. The molecule has 0 N–H and O–H groups in total. The summed E-state index contributed by atoms with van der Waals surface area (Å²) in [7, 11) is 0. The van der Waals surface area contributed by atoms with Gasteiger partial charge in [0, 0.05) is 5.92 Å². The number of hydrogen-bond donors (Lipinski definition) is 0. The Morgan fingerprint density at radius 3 is 2.26 bits per heavy atom. The van der Waals surface area contributed by atoms with Crippen LogP contribution in [0.4, 0.5) is 0 Å². The minimum atomic E-state index is -0.485. The van der Waals surface area contributed by atoms with Crippen LogP contribution in [-0.2, 0) is 0 Å². The third-order valence-electron chi connectivity index (χ3n) is 3.22. The van der Waals surface area contributed by atoms with Crippen molar-refractivity contribution in [2.75, 3.05) is 0 Å². The first-order valence-corrected chi connectivity index (χ1v) is 6.85. The van der Waals surface area contributed by atoms with Crippen molar-refractivity contribution in [3.05, 3.63) is 17.1 Å². The quantitative estimate of drug-likeness (QED) is 0.819. The molecule has 0 spiro atoms. The van der Waals surface area contributed by atoms with E-state index in [0.717, 1.165) is 11.5 Å². The highest BCUT2D eigenvalue weighted by molar-refractivity contribution is 6.00. The molecule has 1 aliphatic heterocycles. The molecule has 2 rings (SSSR count). The van der Waals surface area contributed by atoms with Gasteiger partial charge in [0.25, 0.3) is 0 Å². The van der Waals surface area contributed by atoms with E-state index in [1.54, 1.807) is 0 Å². The van der Waals surface area contributed by atoms with Crippen LogP contribution in [0, 0.1) is 0 Å². The maximum atomic E-state index is 12.3. The fourth-order valence-electron chi connectivity index (χ4n) is 2.26. The van der Waals surface area contributed by atoms with Gasteiger partial charge >= 0.3 is 0 Å². The average Bonchev–Trinajstić information content (AvgIpc) is 2.24. The van der Waals surface area contributed by atoms with Crippen molar-refractivity contribution in [2.45, 2.75) is 65.4 Å². The van der Waals surface area contributed by atoms with Crippen LogP contribution >= 0.6 is 0 Å².